The van der Waals surface area contributed by atoms with Crippen LogP contribution in [0.4, 0.5) is 0 Å². The first-order valence-corrected chi connectivity index (χ1v) is 9.63. The van der Waals surface area contributed by atoms with Crippen LogP contribution >= 0.6 is 24.0 Å². The van der Waals surface area contributed by atoms with Crippen molar-refractivity contribution in [3.63, 3.8) is 0 Å². The lowest BCUT2D eigenvalue weighted by molar-refractivity contribution is -0.129. The van der Waals surface area contributed by atoms with Gasteiger partial charge in [0.05, 0.1) is 6.54 Å². The maximum absolute atomic E-state index is 11.8. The zero-order chi connectivity index (χ0) is 17.6. The SMILES string of the molecule is CCNC(=NCc1ccc2c(c1)CCC2)NC1CCN(C(=O)CC)C1.I. The summed E-state index contributed by atoms with van der Waals surface area (Å²) in [4.78, 5) is 18.5. The Morgan fingerprint density at radius 2 is 2.08 bits per heavy atom. The first kappa shape index (κ1) is 21.0. The lowest BCUT2D eigenvalue weighted by Crippen LogP contribution is -2.45. The van der Waals surface area contributed by atoms with Gasteiger partial charge in [0.2, 0.25) is 5.91 Å². The molecule has 1 aromatic rings. The van der Waals surface area contributed by atoms with Crippen LogP contribution in [0.25, 0.3) is 0 Å². The Hall–Kier alpha value is -1.31. The Labute approximate surface area is 174 Å². The molecule has 1 aliphatic carbocycles. The molecule has 0 aromatic heterocycles. The van der Waals surface area contributed by atoms with Crippen LogP contribution in [0, 0.1) is 0 Å². The summed E-state index contributed by atoms with van der Waals surface area (Å²) in [5.74, 6) is 1.09. The van der Waals surface area contributed by atoms with Crippen molar-refractivity contribution in [2.45, 2.75) is 58.5 Å². The average Bonchev–Trinajstić information content (AvgIpc) is 3.28. The van der Waals surface area contributed by atoms with Crippen LogP contribution in [0.2, 0.25) is 0 Å². The number of nitrogens with zero attached hydrogens (tertiary/aromatic N) is 2. The number of halogens is 1. The predicted molar refractivity (Wildman–Crippen MR) is 117 cm³/mol. The van der Waals surface area contributed by atoms with Crippen LogP contribution in [0.3, 0.4) is 0 Å². The minimum atomic E-state index is 0. The van der Waals surface area contributed by atoms with E-state index in [-0.39, 0.29) is 35.9 Å². The van der Waals surface area contributed by atoms with Crippen LogP contribution in [-0.2, 0) is 24.2 Å². The van der Waals surface area contributed by atoms with E-state index in [4.69, 9.17) is 4.99 Å². The largest absolute Gasteiger partial charge is 0.357 e. The molecule has 1 fully saturated rings. The van der Waals surface area contributed by atoms with Gasteiger partial charge < -0.3 is 15.5 Å². The predicted octanol–water partition coefficient (Wildman–Crippen LogP) is 2.86. The van der Waals surface area contributed by atoms with Crippen molar-refractivity contribution in [1.29, 1.82) is 0 Å². The molecule has 26 heavy (non-hydrogen) atoms. The van der Waals surface area contributed by atoms with Gasteiger partial charge in [0, 0.05) is 32.1 Å². The van der Waals surface area contributed by atoms with Crippen molar-refractivity contribution in [1.82, 2.24) is 15.5 Å². The van der Waals surface area contributed by atoms with Gasteiger partial charge in [-0.15, -0.1) is 24.0 Å². The van der Waals surface area contributed by atoms with Crippen LogP contribution in [0.5, 0.6) is 0 Å². The number of guanidine groups is 1. The molecule has 2 N–H and O–H groups in total. The van der Waals surface area contributed by atoms with Crippen molar-refractivity contribution >= 4 is 35.8 Å². The third-order valence-electron chi connectivity index (χ3n) is 5.11. The van der Waals surface area contributed by atoms with Gasteiger partial charge in [-0.05, 0) is 49.3 Å². The lowest BCUT2D eigenvalue weighted by atomic mass is 10.1. The fourth-order valence-electron chi connectivity index (χ4n) is 3.74. The van der Waals surface area contributed by atoms with Gasteiger partial charge in [-0.2, -0.15) is 0 Å². The number of carbonyl (C=O) groups is 1. The zero-order valence-corrected chi connectivity index (χ0v) is 18.2. The van der Waals surface area contributed by atoms with Crippen LogP contribution < -0.4 is 10.6 Å². The fraction of sp³-hybridized carbons (Fsp3) is 0.600. The molecule has 1 aromatic carbocycles. The molecule has 0 radical (unpaired) electrons. The number of rotatable bonds is 5. The molecule has 1 atom stereocenters. The Kier molecular flexibility index (Phi) is 8.18. The van der Waals surface area contributed by atoms with E-state index in [0.29, 0.717) is 13.0 Å². The van der Waals surface area contributed by atoms with Crippen molar-refractivity contribution in [3.05, 3.63) is 34.9 Å². The third-order valence-corrected chi connectivity index (χ3v) is 5.11. The topological polar surface area (TPSA) is 56.7 Å². The molecule has 6 heteroatoms. The van der Waals surface area contributed by atoms with Gasteiger partial charge in [0.15, 0.2) is 5.96 Å². The van der Waals surface area contributed by atoms with Gasteiger partial charge in [0.25, 0.3) is 0 Å². The number of carbonyl (C=O) groups excluding carboxylic acids is 1. The molecule has 1 unspecified atom stereocenters. The van der Waals surface area contributed by atoms with Gasteiger partial charge in [-0.25, -0.2) is 4.99 Å². The average molecular weight is 470 g/mol. The zero-order valence-electron chi connectivity index (χ0n) is 15.9. The highest BCUT2D eigenvalue weighted by molar-refractivity contribution is 14.0. The second-order valence-electron chi connectivity index (χ2n) is 6.98. The molecule has 144 valence electrons. The van der Waals surface area contributed by atoms with Crippen LogP contribution in [0.1, 0.15) is 49.8 Å². The van der Waals surface area contributed by atoms with Crippen LogP contribution in [0.15, 0.2) is 23.2 Å². The summed E-state index contributed by atoms with van der Waals surface area (Å²) in [6.07, 6.45) is 5.27. The molecule has 1 heterocycles. The second kappa shape index (κ2) is 10.1. The van der Waals surface area contributed by atoms with E-state index in [0.717, 1.165) is 32.0 Å². The first-order chi connectivity index (χ1) is 12.2. The Bertz CT molecular complexity index is 647. The molecule has 1 amide bonds. The van der Waals surface area contributed by atoms with Crippen molar-refractivity contribution in [2.75, 3.05) is 19.6 Å². The van der Waals surface area contributed by atoms with E-state index < -0.39 is 0 Å². The number of nitrogens with one attached hydrogen (secondary N) is 2. The van der Waals surface area contributed by atoms with E-state index >= 15 is 0 Å². The summed E-state index contributed by atoms with van der Waals surface area (Å²) in [5, 5.41) is 6.82. The minimum Gasteiger partial charge on any atom is -0.357 e. The minimum absolute atomic E-state index is 0. The monoisotopic (exact) mass is 470 g/mol. The second-order valence-corrected chi connectivity index (χ2v) is 6.98. The fourth-order valence-corrected chi connectivity index (χ4v) is 3.74. The molecule has 5 nitrogen and oxygen atoms in total. The van der Waals surface area contributed by atoms with E-state index in [1.165, 1.54) is 36.0 Å². The van der Waals surface area contributed by atoms with Crippen LogP contribution in [-0.4, -0.2) is 42.4 Å². The summed E-state index contributed by atoms with van der Waals surface area (Å²) < 4.78 is 0. The Morgan fingerprint density at radius 3 is 2.85 bits per heavy atom. The molecular formula is C20H31IN4O. The standard InChI is InChI=1S/C20H30N4O.HI/c1-3-19(25)24-11-10-18(14-24)23-20(21-4-2)22-13-15-8-9-16-6-5-7-17(16)12-15;/h8-9,12,18H,3-7,10-11,13-14H2,1-2H3,(H2,21,22,23);1H. The molecule has 1 saturated heterocycles. The van der Waals surface area contributed by atoms with Crippen molar-refractivity contribution in [3.8, 4) is 0 Å². The van der Waals surface area contributed by atoms with E-state index in [1.807, 2.05) is 11.8 Å². The number of fused-ring (bicyclic) bond motifs is 1. The smallest absolute Gasteiger partial charge is 0.222 e. The molecule has 1 aliphatic heterocycles. The number of amides is 1. The molecule has 0 saturated carbocycles. The number of hydrogen-bond acceptors (Lipinski definition) is 2. The van der Waals surface area contributed by atoms with E-state index in [9.17, 15) is 4.79 Å². The summed E-state index contributed by atoms with van der Waals surface area (Å²) >= 11 is 0. The summed E-state index contributed by atoms with van der Waals surface area (Å²) in [6, 6.07) is 7.06. The Morgan fingerprint density at radius 1 is 1.27 bits per heavy atom. The highest BCUT2D eigenvalue weighted by Crippen LogP contribution is 2.23. The molecule has 0 bridgehead atoms. The number of likely N-dealkylation sites (tertiary alicyclic amines) is 1. The summed E-state index contributed by atoms with van der Waals surface area (Å²) in [5.41, 5.74) is 4.27. The first-order valence-electron chi connectivity index (χ1n) is 9.63. The van der Waals surface area contributed by atoms with Gasteiger partial charge in [0.1, 0.15) is 0 Å². The molecule has 3 rings (SSSR count). The normalized spacial score (nSPS) is 19.1. The molecule has 0 spiro atoms. The number of benzene rings is 1. The van der Waals surface area contributed by atoms with E-state index in [2.05, 4.69) is 35.8 Å². The maximum atomic E-state index is 11.8. The quantitative estimate of drug-likeness (QED) is 0.396. The molecule has 2 aliphatic rings. The van der Waals surface area contributed by atoms with Crippen molar-refractivity contribution in [2.24, 2.45) is 4.99 Å². The highest BCUT2D eigenvalue weighted by atomic mass is 127. The maximum Gasteiger partial charge on any atom is 0.222 e. The lowest BCUT2D eigenvalue weighted by Gasteiger charge is -2.18. The third kappa shape index (κ3) is 5.34. The number of aliphatic imine (C=N–C) groups is 1. The summed E-state index contributed by atoms with van der Waals surface area (Å²) in [7, 11) is 0. The number of aryl methyl sites for hydroxylation is 2. The van der Waals surface area contributed by atoms with Gasteiger partial charge in [-0.3, -0.25) is 4.79 Å². The summed E-state index contributed by atoms with van der Waals surface area (Å²) in [6.45, 7) is 7.14. The van der Waals surface area contributed by atoms with Gasteiger partial charge >= 0.3 is 0 Å². The highest BCUT2D eigenvalue weighted by Gasteiger charge is 2.25. The van der Waals surface area contributed by atoms with Crippen molar-refractivity contribution < 1.29 is 4.79 Å². The Balaban J connectivity index is 0.00000243. The van der Waals surface area contributed by atoms with Gasteiger partial charge in [-0.1, -0.05) is 25.1 Å². The molecular weight excluding hydrogens is 439 g/mol. The number of hydrogen-bond donors (Lipinski definition) is 2. The van der Waals surface area contributed by atoms with E-state index in [1.54, 1.807) is 0 Å².